The highest BCUT2D eigenvalue weighted by Crippen LogP contribution is 2.10. The van der Waals surface area contributed by atoms with Gasteiger partial charge >= 0.3 is 0 Å². The zero-order valence-electron chi connectivity index (χ0n) is 7.70. The minimum atomic E-state index is 0.332. The van der Waals surface area contributed by atoms with Crippen molar-refractivity contribution in [1.82, 2.24) is 4.98 Å². The van der Waals surface area contributed by atoms with Crippen LogP contribution in [0.1, 0.15) is 19.5 Å². The minimum Gasteiger partial charge on any atom is -0.250 e. The fraction of sp³-hybridized carbons (Fsp3) is 0.273. The van der Waals surface area contributed by atoms with Crippen LogP contribution < -0.4 is 0 Å². The lowest BCUT2D eigenvalue weighted by Crippen LogP contribution is -1.82. The first-order chi connectivity index (χ1) is 6.22. The maximum atomic E-state index is 6.81. The number of pyridine rings is 1. The normalized spacial score (nSPS) is 8.77. The molecule has 0 aliphatic carbocycles. The number of nitrogens with zero attached hydrogens (tertiary/aromatic N) is 2. The van der Waals surface area contributed by atoms with Crippen molar-refractivity contribution in [3.63, 3.8) is 0 Å². The minimum absolute atomic E-state index is 0.332. The molecule has 2 heteroatoms. The molecule has 0 radical (unpaired) electrons. The maximum absolute atomic E-state index is 6.81. The predicted octanol–water partition coefficient (Wildman–Crippen LogP) is 2.64. The molecule has 0 aliphatic heterocycles. The molecule has 13 heavy (non-hydrogen) atoms. The second kappa shape index (κ2) is 4.28. The largest absolute Gasteiger partial charge is 0.250 e. The van der Waals surface area contributed by atoms with E-state index in [1.807, 2.05) is 13.8 Å². The molecular weight excluding hydrogens is 160 g/mol. The Morgan fingerprint density at radius 2 is 2.31 bits per heavy atom. The summed E-state index contributed by atoms with van der Waals surface area (Å²) in [6.45, 7) is 10.8. The molecule has 0 fully saturated rings. The number of rotatable bonds is 0. The van der Waals surface area contributed by atoms with Crippen LogP contribution in [0.2, 0.25) is 0 Å². The molecule has 0 aromatic carbocycles. The van der Waals surface area contributed by atoms with Crippen LogP contribution in [0.15, 0.2) is 18.3 Å². The van der Waals surface area contributed by atoms with Gasteiger partial charge in [0.15, 0.2) is 5.69 Å². The van der Waals surface area contributed by atoms with Crippen molar-refractivity contribution in [2.24, 2.45) is 5.92 Å². The summed E-state index contributed by atoms with van der Waals surface area (Å²) in [6.07, 6.45) is 1.61. The first-order valence-corrected chi connectivity index (χ1v) is 4.07. The Balaban J connectivity index is 2.93. The van der Waals surface area contributed by atoms with E-state index in [2.05, 4.69) is 21.7 Å². The quantitative estimate of drug-likeness (QED) is 0.432. The van der Waals surface area contributed by atoms with Crippen molar-refractivity contribution in [2.75, 3.05) is 0 Å². The van der Waals surface area contributed by atoms with Gasteiger partial charge in [0.2, 0.25) is 0 Å². The highest BCUT2D eigenvalue weighted by molar-refractivity contribution is 5.47. The van der Waals surface area contributed by atoms with E-state index in [-0.39, 0.29) is 0 Å². The van der Waals surface area contributed by atoms with Crippen LogP contribution in [0, 0.1) is 24.3 Å². The van der Waals surface area contributed by atoms with Gasteiger partial charge in [-0.05, 0) is 18.1 Å². The van der Waals surface area contributed by atoms with Gasteiger partial charge < -0.3 is 0 Å². The van der Waals surface area contributed by atoms with Gasteiger partial charge in [0.1, 0.15) is 5.69 Å². The van der Waals surface area contributed by atoms with Gasteiger partial charge in [0.25, 0.3) is 0 Å². The van der Waals surface area contributed by atoms with Crippen LogP contribution in [0.3, 0.4) is 0 Å². The molecule has 1 aromatic rings. The Morgan fingerprint density at radius 1 is 1.54 bits per heavy atom. The molecule has 0 saturated heterocycles. The predicted molar refractivity (Wildman–Crippen MR) is 52.2 cm³/mol. The second-order valence-corrected chi connectivity index (χ2v) is 2.94. The lowest BCUT2D eigenvalue weighted by atomic mass is 10.2. The third-order valence-corrected chi connectivity index (χ3v) is 1.36. The second-order valence-electron chi connectivity index (χ2n) is 2.94. The van der Waals surface area contributed by atoms with Gasteiger partial charge in [0, 0.05) is 12.1 Å². The Labute approximate surface area is 78.4 Å². The molecular formula is C11H10N2. The lowest BCUT2D eigenvalue weighted by Gasteiger charge is -1.91. The summed E-state index contributed by atoms with van der Waals surface area (Å²) in [5.41, 5.74) is 1.25. The van der Waals surface area contributed by atoms with Crippen LogP contribution >= 0.6 is 0 Å². The first-order valence-electron chi connectivity index (χ1n) is 4.07. The van der Waals surface area contributed by atoms with Gasteiger partial charge in [-0.1, -0.05) is 19.8 Å². The van der Waals surface area contributed by atoms with E-state index in [9.17, 15) is 0 Å². The van der Waals surface area contributed by atoms with Crippen molar-refractivity contribution in [3.8, 4) is 11.8 Å². The molecule has 0 aliphatic rings. The Hall–Kier alpha value is -1.80. The third-order valence-electron chi connectivity index (χ3n) is 1.36. The van der Waals surface area contributed by atoms with E-state index in [0.717, 1.165) is 0 Å². The fourth-order valence-corrected chi connectivity index (χ4v) is 0.776. The van der Waals surface area contributed by atoms with E-state index in [1.54, 1.807) is 18.3 Å². The zero-order valence-corrected chi connectivity index (χ0v) is 7.70. The molecule has 0 unspecified atom stereocenters. The van der Waals surface area contributed by atoms with Gasteiger partial charge in [-0.2, -0.15) is 0 Å². The fourth-order valence-electron chi connectivity index (χ4n) is 0.776. The SMILES string of the molecule is [C-]#[N+]c1ccnc(C#CC(C)C)c1. The van der Waals surface area contributed by atoms with Gasteiger partial charge in [-0.3, -0.25) is 4.98 Å². The Kier molecular flexibility index (Phi) is 3.06. The van der Waals surface area contributed by atoms with Gasteiger partial charge in [-0.25, -0.2) is 4.85 Å². The molecule has 0 saturated carbocycles. The summed E-state index contributed by atoms with van der Waals surface area (Å²) in [5.74, 6) is 6.24. The highest BCUT2D eigenvalue weighted by Gasteiger charge is 1.92. The van der Waals surface area contributed by atoms with Crippen LogP contribution in [0.5, 0.6) is 0 Å². The number of hydrogen-bond acceptors (Lipinski definition) is 1. The molecule has 0 spiro atoms. The summed E-state index contributed by atoms with van der Waals surface area (Å²) < 4.78 is 0. The maximum Gasteiger partial charge on any atom is 0.191 e. The summed E-state index contributed by atoms with van der Waals surface area (Å²) in [6, 6.07) is 3.37. The van der Waals surface area contributed by atoms with Crippen LogP contribution in [0.4, 0.5) is 5.69 Å². The molecule has 0 bridgehead atoms. The summed E-state index contributed by atoms with van der Waals surface area (Å²) >= 11 is 0. The van der Waals surface area contributed by atoms with E-state index < -0.39 is 0 Å². The van der Waals surface area contributed by atoms with Crippen LogP contribution in [0.25, 0.3) is 4.85 Å². The van der Waals surface area contributed by atoms with E-state index in [0.29, 0.717) is 17.3 Å². The monoisotopic (exact) mass is 170 g/mol. The lowest BCUT2D eigenvalue weighted by molar-refractivity contribution is 0.866. The molecule has 0 amide bonds. The Bertz CT molecular complexity index is 389. The molecule has 0 atom stereocenters. The van der Waals surface area contributed by atoms with Crippen LogP contribution in [-0.4, -0.2) is 4.98 Å². The van der Waals surface area contributed by atoms with Crippen molar-refractivity contribution < 1.29 is 0 Å². The van der Waals surface area contributed by atoms with E-state index >= 15 is 0 Å². The average Bonchev–Trinajstić information content (AvgIpc) is 2.15. The summed E-state index contributed by atoms with van der Waals surface area (Å²) in [7, 11) is 0. The van der Waals surface area contributed by atoms with Gasteiger partial charge in [0.05, 0.1) is 6.57 Å². The third kappa shape index (κ3) is 2.97. The highest BCUT2D eigenvalue weighted by atomic mass is 14.7. The average molecular weight is 170 g/mol. The standard InChI is InChI=1S/C11H10N2/c1-9(2)4-5-11-8-10(12-3)6-7-13-11/h6-9H,1-2H3. The molecule has 1 rings (SSSR count). The topological polar surface area (TPSA) is 17.2 Å². The van der Waals surface area contributed by atoms with Crippen molar-refractivity contribution >= 4 is 5.69 Å². The van der Waals surface area contributed by atoms with E-state index in [1.165, 1.54) is 0 Å². The van der Waals surface area contributed by atoms with Gasteiger partial charge in [-0.15, -0.1) is 0 Å². The molecule has 64 valence electrons. The van der Waals surface area contributed by atoms with Crippen molar-refractivity contribution in [1.29, 1.82) is 0 Å². The van der Waals surface area contributed by atoms with Crippen molar-refractivity contribution in [2.45, 2.75) is 13.8 Å². The molecule has 1 heterocycles. The molecule has 2 nitrogen and oxygen atoms in total. The molecule has 1 aromatic heterocycles. The smallest absolute Gasteiger partial charge is 0.191 e. The van der Waals surface area contributed by atoms with Crippen LogP contribution in [-0.2, 0) is 0 Å². The summed E-state index contributed by atoms with van der Waals surface area (Å²) in [5, 5.41) is 0. The molecule has 0 N–H and O–H groups in total. The number of hydrogen-bond donors (Lipinski definition) is 0. The number of aromatic nitrogens is 1. The van der Waals surface area contributed by atoms with Crippen molar-refractivity contribution in [3.05, 3.63) is 35.4 Å². The van der Waals surface area contributed by atoms with E-state index in [4.69, 9.17) is 6.57 Å². The summed E-state index contributed by atoms with van der Waals surface area (Å²) in [4.78, 5) is 7.34. The zero-order chi connectivity index (χ0) is 9.68. The Morgan fingerprint density at radius 3 is 2.92 bits per heavy atom. The first kappa shape index (κ1) is 9.29.